The minimum atomic E-state index is 1.47. The zero-order chi connectivity index (χ0) is 10.6. The van der Waals surface area contributed by atoms with Gasteiger partial charge in [0.15, 0.2) is 0 Å². The van der Waals surface area contributed by atoms with Crippen molar-refractivity contribution in [3.63, 3.8) is 0 Å². The summed E-state index contributed by atoms with van der Waals surface area (Å²) in [6.07, 6.45) is 0. The summed E-state index contributed by atoms with van der Waals surface area (Å²) in [7, 11) is 0. The molecular formula is C12H19Ti. The van der Waals surface area contributed by atoms with Gasteiger partial charge in [-0.1, -0.05) is 34.6 Å². The molecule has 0 spiro atoms. The Morgan fingerprint density at radius 2 is 1.23 bits per heavy atom. The van der Waals surface area contributed by atoms with Gasteiger partial charge in [-0.15, -0.1) is 0 Å². The van der Waals surface area contributed by atoms with Crippen LogP contribution in [0.2, 0.25) is 0 Å². The van der Waals surface area contributed by atoms with Crippen LogP contribution in [0.25, 0.3) is 0 Å². The molecule has 1 aromatic rings. The Morgan fingerprint density at radius 1 is 1.00 bits per heavy atom. The van der Waals surface area contributed by atoms with Gasteiger partial charge in [0.1, 0.15) is 0 Å². The van der Waals surface area contributed by atoms with Crippen molar-refractivity contribution in [1.29, 1.82) is 0 Å². The molecule has 0 unspecified atom stereocenters. The molecule has 0 bridgehead atoms. The van der Waals surface area contributed by atoms with Crippen LogP contribution in [0.15, 0.2) is 0 Å². The van der Waals surface area contributed by atoms with Crippen molar-refractivity contribution in [3.8, 4) is 0 Å². The van der Waals surface area contributed by atoms with Gasteiger partial charge in [0.2, 0.25) is 0 Å². The van der Waals surface area contributed by atoms with Gasteiger partial charge in [0, 0.05) is 0 Å². The molecule has 0 aromatic heterocycles. The molecule has 0 saturated heterocycles. The fourth-order valence-corrected chi connectivity index (χ4v) is 1.41. The predicted octanol–water partition coefficient (Wildman–Crippen LogP) is 3.30. The minimum absolute atomic E-state index is 1.47. The normalized spacial score (nSPS) is 9.23. The Hall–Kier alpha value is -0.0657. The minimum Gasteiger partial charge on any atom is -0.196 e. The van der Waals surface area contributed by atoms with Gasteiger partial charge >= 0.3 is 31.2 Å². The van der Waals surface area contributed by atoms with Gasteiger partial charge < -0.3 is 0 Å². The molecule has 0 atom stereocenters. The molecule has 1 aromatic carbocycles. The quantitative estimate of drug-likeness (QED) is 0.456. The molecule has 0 fully saturated rings. The number of hydrogen-bond donors (Lipinski definition) is 0. The zero-order valence-electron chi connectivity index (χ0n) is 9.58. The van der Waals surface area contributed by atoms with E-state index in [1.807, 2.05) is 31.2 Å². The summed E-state index contributed by atoms with van der Waals surface area (Å²) >= 11 is 2.00. The average Bonchev–Trinajstić information content (AvgIpc) is 2.25. The van der Waals surface area contributed by atoms with Crippen molar-refractivity contribution < 1.29 is 20.0 Å². The third-order valence-corrected chi connectivity index (χ3v) is 2.81. The second-order valence-corrected chi connectivity index (χ2v) is 4.32. The zero-order valence-corrected chi connectivity index (χ0v) is 11.1. The fraction of sp³-hybridized carbons (Fsp3) is 0.500. The maximum absolute atomic E-state index is 2.20. The van der Waals surface area contributed by atoms with Crippen LogP contribution in [0.1, 0.15) is 34.7 Å². The first-order valence-electron chi connectivity index (χ1n) is 4.62. The van der Waals surface area contributed by atoms with Crippen molar-refractivity contribution >= 4 is 4.31 Å². The van der Waals surface area contributed by atoms with Gasteiger partial charge in [-0.2, -0.15) is 27.8 Å². The van der Waals surface area contributed by atoms with Crippen LogP contribution in [-0.2, 0) is 20.0 Å². The van der Waals surface area contributed by atoms with E-state index >= 15 is 0 Å². The van der Waals surface area contributed by atoms with Crippen LogP contribution in [-0.4, -0.2) is 4.31 Å². The van der Waals surface area contributed by atoms with Crippen molar-refractivity contribution in [2.24, 2.45) is 0 Å². The van der Waals surface area contributed by atoms with Crippen LogP contribution >= 0.6 is 0 Å². The SMILES string of the molecule is C[CH]=[Ti+].Cc1c(C)c(C)[c-](C)c1C. The molecule has 0 amide bonds. The Bertz CT molecular complexity index is 212. The van der Waals surface area contributed by atoms with E-state index in [0.717, 1.165) is 0 Å². The molecule has 0 nitrogen and oxygen atoms in total. The topological polar surface area (TPSA) is 0 Å². The van der Waals surface area contributed by atoms with Crippen LogP contribution in [0.3, 0.4) is 0 Å². The first kappa shape index (κ1) is 12.9. The van der Waals surface area contributed by atoms with Crippen LogP contribution < -0.4 is 0 Å². The summed E-state index contributed by atoms with van der Waals surface area (Å²) in [4.78, 5) is 0. The Morgan fingerprint density at radius 3 is 1.31 bits per heavy atom. The molecule has 0 N–H and O–H groups in total. The first-order valence-corrected chi connectivity index (χ1v) is 5.52. The molecule has 1 rings (SSSR count). The average molecular weight is 211 g/mol. The van der Waals surface area contributed by atoms with Gasteiger partial charge in [-0.05, 0) is 0 Å². The number of rotatable bonds is 0. The Balaban J connectivity index is 0.000000424. The molecular weight excluding hydrogens is 192 g/mol. The van der Waals surface area contributed by atoms with Crippen molar-refractivity contribution in [2.45, 2.75) is 41.5 Å². The summed E-state index contributed by atoms with van der Waals surface area (Å²) in [6.45, 7) is 13.0. The molecule has 0 saturated carbocycles. The number of hydrogen-bond acceptors (Lipinski definition) is 0. The monoisotopic (exact) mass is 211 g/mol. The molecule has 1 heteroatoms. The van der Waals surface area contributed by atoms with Crippen molar-refractivity contribution in [1.82, 2.24) is 0 Å². The summed E-state index contributed by atoms with van der Waals surface area (Å²) in [5.41, 5.74) is 7.34. The van der Waals surface area contributed by atoms with Crippen molar-refractivity contribution in [3.05, 3.63) is 27.8 Å². The third kappa shape index (κ3) is 2.96. The van der Waals surface area contributed by atoms with Gasteiger partial charge in [-0.3, -0.25) is 0 Å². The summed E-state index contributed by atoms with van der Waals surface area (Å²) in [6, 6.07) is 0. The predicted molar refractivity (Wildman–Crippen MR) is 57.5 cm³/mol. The molecule has 0 radical (unpaired) electrons. The summed E-state index contributed by atoms with van der Waals surface area (Å²) in [5, 5.41) is 0. The van der Waals surface area contributed by atoms with E-state index in [9.17, 15) is 0 Å². The van der Waals surface area contributed by atoms with Crippen LogP contribution in [0.4, 0.5) is 0 Å². The van der Waals surface area contributed by atoms with E-state index in [-0.39, 0.29) is 0 Å². The maximum atomic E-state index is 2.20. The van der Waals surface area contributed by atoms with E-state index in [4.69, 9.17) is 0 Å². The van der Waals surface area contributed by atoms with Crippen molar-refractivity contribution in [2.75, 3.05) is 0 Å². The van der Waals surface area contributed by atoms with Crippen LogP contribution in [0, 0.1) is 34.6 Å². The molecule has 0 aliphatic heterocycles. The van der Waals surface area contributed by atoms with E-state index in [0.29, 0.717) is 0 Å². The molecule has 13 heavy (non-hydrogen) atoms. The molecule has 0 aliphatic rings. The fourth-order valence-electron chi connectivity index (χ4n) is 1.41. The second kappa shape index (κ2) is 5.62. The molecule has 0 aliphatic carbocycles. The van der Waals surface area contributed by atoms with E-state index in [1.54, 1.807) is 0 Å². The summed E-state index contributed by atoms with van der Waals surface area (Å²) in [5.74, 6) is 0. The van der Waals surface area contributed by atoms with E-state index in [2.05, 4.69) is 34.6 Å². The standard InChI is InChI=1S/C10H15.C2H4.Ti/c1-6-7(2)9(4)10(5)8(6)3;1-2;/h1-5H3;1H,2H3;/q-1;;+1. The molecule has 0 heterocycles. The van der Waals surface area contributed by atoms with E-state index < -0.39 is 0 Å². The van der Waals surface area contributed by atoms with Gasteiger partial charge in [-0.25, -0.2) is 0 Å². The smallest absolute Gasteiger partial charge is 0.0630 e. The first-order chi connectivity index (χ1) is 5.97. The Kier molecular flexibility index (Phi) is 5.59. The van der Waals surface area contributed by atoms with Gasteiger partial charge in [0.25, 0.3) is 0 Å². The third-order valence-electron chi connectivity index (χ3n) is 2.81. The largest absolute Gasteiger partial charge is 0.196 e. The second-order valence-electron chi connectivity index (χ2n) is 3.41. The summed E-state index contributed by atoms with van der Waals surface area (Å²) < 4.78 is 2.00. The molecule has 71 valence electrons. The van der Waals surface area contributed by atoms with Crippen LogP contribution in [0.5, 0.6) is 0 Å². The maximum Gasteiger partial charge on any atom is -0.0630 e. The van der Waals surface area contributed by atoms with Gasteiger partial charge in [0.05, 0.1) is 0 Å². The Labute approximate surface area is 93.6 Å². The van der Waals surface area contributed by atoms with E-state index in [1.165, 1.54) is 27.8 Å².